The Morgan fingerprint density at radius 3 is 2.52 bits per heavy atom. The van der Waals surface area contributed by atoms with Crippen LogP contribution >= 0.6 is 0 Å². The lowest BCUT2D eigenvalue weighted by Crippen LogP contribution is -2.41. The zero-order valence-corrected chi connectivity index (χ0v) is 16.9. The van der Waals surface area contributed by atoms with Crippen LogP contribution in [0.1, 0.15) is 43.0 Å². The molecule has 1 aliphatic rings. The van der Waals surface area contributed by atoms with Crippen molar-refractivity contribution in [1.29, 1.82) is 0 Å². The number of anilines is 1. The molecule has 4 rings (SSSR count). The third-order valence-electron chi connectivity index (χ3n) is 5.81. The molecule has 3 aromatic rings. The molecular weight excluding hydrogens is 362 g/mol. The Morgan fingerprint density at radius 2 is 1.83 bits per heavy atom. The fourth-order valence-corrected chi connectivity index (χ4v) is 4.11. The molecule has 2 amide bonds. The number of rotatable bonds is 4. The number of aromatic amines is 1. The first-order chi connectivity index (χ1) is 14.1. The van der Waals surface area contributed by atoms with E-state index in [0.717, 1.165) is 42.8 Å². The van der Waals surface area contributed by atoms with Gasteiger partial charge in [0.15, 0.2) is 5.82 Å². The van der Waals surface area contributed by atoms with Gasteiger partial charge in [0, 0.05) is 24.3 Å². The Hall–Kier alpha value is -3.15. The van der Waals surface area contributed by atoms with E-state index >= 15 is 0 Å². The van der Waals surface area contributed by atoms with Gasteiger partial charge in [-0.15, -0.1) is 0 Å². The highest BCUT2D eigenvalue weighted by Gasteiger charge is 2.27. The molecule has 6 nitrogen and oxygen atoms in total. The van der Waals surface area contributed by atoms with E-state index in [2.05, 4.69) is 50.8 Å². The monoisotopic (exact) mass is 389 g/mol. The summed E-state index contributed by atoms with van der Waals surface area (Å²) < 4.78 is 0. The van der Waals surface area contributed by atoms with Gasteiger partial charge in [-0.3, -0.25) is 5.10 Å². The van der Waals surface area contributed by atoms with Crippen molar-refractivity contribution in [3.05, 3.63) is 66.0 Å². The minimum absolute atomic E-state index is 0.0727. The summed E-state index contributed by atoms with van der Waals surface area (Å²) in [6.07, 6.45) is 4.29. The number of urea groups is 1. The van der Waals surface area contributed by atoms with Crippen molar-refractivity contribution < 1.29 is 4.79 Å². The lowest BCUT2D eigenvalue weighted by atomic mass is 9.81. The highest BCUT2D eigenvalue weighted by atomic mass is 16.2. The molecule has 2 N–H and O–H groups in total. The second kappa shape index (κ2) is 8.47. The highest BCUT2D eigenvalue weighted by molar-refractivity contribution is 5.90. The van der Waals surface area contributed by atoms with Crippen molar-refractivity contribution in [2.24, 2.45) is 0 Å². The smallest absolute Gasteiger partial charge is 0.321 e. The van der Waals surface area contributed by atoms with E-state index in [-0.39, 0.29) is 12.1 Å². The summed E-state index contributed by atoms with van der Waals surface area (Å²) in [5.41, 5.74) is 3.04. The van der Waals surface area contributed by atoms with Crippen molar-refractivity contribution in [3.8, 4) is 11.4 Å². The summed E-state index contributed by atoms with van der Waals surface area (Å²) in [5, 5.41) is 10.1. The fourth-order valence-electron chi connectivity index (χ4n) is 4.11. The fraction of sp³-hybridized carbons (Fsp3) is 0.348. The van der Waals surface area contributed by atoms with Crippen LogP contribution in [-0.2, 0) is 0 Å². The van der Waals surface area contributed by atoms with Crippen LogP contribution in [0.15, 0.2) is 54.6 Å². The van der Waals surface area contributed by atoms with Gasteiger partial charge in [0.2, 0.25) is 0 Å². The molecule has 1 aromatic heterocycles. The van der Waals surface area contributed by atoms with Gasteiger partial charge in [-0.05, 0) is 56.2 Å². The van der Waals surface area contributed by atoms with Crippen molar-refractivity contribution in [1.82, 2.24) is 20.1 Å². The number of aromatic nitrogens is 3. The zero-order valence-electron chi connectivity index (χ0n) is 16.9. The van der Waals surface area contributed by atoms with Crippen LogP contribution in [0.3, 0.4) is 0 Å². The first-order valence-corrected chi connectivity index (χ1v) is 10.2. The van der Waals surface area contributed by atoms with E-state index in [1.165, 1.54) is 5.56 Å². The molecule has 1 saturated carbocycles. The van der Waals surface area contributed by atoms with Gasteiger partial charge in [-0.2, -0.15) is 5.10 Å². The molecule has 29 heavy (non-hydrogen) atoms. The van der Waals surface area contributed by atoms with Gasteiger partial charge in [-0.25, -0.2) is 9.78 Å². The maximum Gasteiger partial charge on any atom is 0.321 e. The predicted molar refractivity (Wildman–Crippen MR) is 115 cm³/mol. The van der Waals surface area contributed by atoms with E-state index in [9.17, 15) is 4.79 Å². The maximum absolute atomic E-state index is 12.8. The Labute approximate surface area is 171 Å². The number of H-pyrrole nitrogens is 1. The minimum atomic E-state index is -0.0727. The van der Waals surface area contributed by atoms with Gasteiger partial charge in [0.05, 0.1) is 0 Å². The standard InChI is InChI=1S/C23H27N5O/c1-16-24-22(27-26-16)19-9-6-10-20(15-19)25-23(29)28(2)21-13-11-18(12-14-21)17-7-4-3-5-8-17/h3-10,15,18,21H,11-14H2,1-2H3,(H,25,29)(H,24,26,27). The van der Waals surface area contributed by atoms with E-state index < -0.39 is 0 Å². The van der Waals surface area contributed by atoms with E-state index in [4.69, 9.17) is 0 Å². The van der Waals surface area contributed by atoms with Crippen LogP contribution in [0.4, 0.5) is 10.5 Å². The molecule has 1 heterocycles. The van der Waals surface area contributed by atoms with Crippen LogP contribution in [0.25, 0.3) is 11.4 Å². The Morgan fingerprint density at radius 1 is 1.07 bits per heavy atom. The molecule has 0 radical (unpaired) electrons. The number of hydrogen-bond acceptors (Lipinski definition) is 3. The van der Waals surface area contributed by atoms with E-state index in [0.29, 0.717) is 11.7 Å². The Bertz CT molecular complexity index is 960. The lowest BCUT2D eigenvalue weighted by Gasteiger charge is -2.35. The summed E-state index contributed by atoms with van der Waals surface area (Å²) in [6, 6.07) is 18.5. The van der Waals surface area contributed by atoms with Crippen molar-refractivity contribution in [2.75, 3.05) is 12.4 Å². The average molecular weight is 390 g/mol. The third kappa shape index (κ3) is 4.47. The molecule has 0 saturated heterocycles. The van der Waals surface area contributed by atoms with Crippen LogP contribution in [0.5, 0.6) is 0 Å². The Kier molecular flexibility index (Phi) is 5.60. The summed E-state index contributed by atoms with van der Waals surface area (Å²) in [7, 11) is 1.89. The van der Waals surface area contributed by atoms with Crippen LogP contribution in [0.2, 0.25) is 0 Å². The molecule has 6 heteroatoms. The van der Waals surface area contributed by atoms with Gasteiger partial charge in [-0.1, -0.05) is 42.5 Å². The Balaban J connectivity index is 1.35. The number of amides is 2. The van der Waals surface area contributed by atoms with Gasteiger partial charge in [0.1, 0.15) is 5.82 Å². The highest BCUT2D eigenvalue weighted by Crippen LogP contribution is 2.34. The molecule has 0 atom stereocenters. The summed E-state index contributed by atoms with van der Waals surface area (Å²) in [5.74, 6) is 2.00. The molecule has 0 bridgehead atoms. The van der Waals surface area contributed by atoms with Gasteiger partial charge < -0.3 is 10.2 Å². The number of carbonyl (C=O) groups is 1. The first-order valence-electron chi connectivity index (χ1n) is 10.2. The van der Waals surface area contributed by atoms with Crippen molar-refractivity contribution in [3.63, 3.8) is 0 Å². The quantitative estimate of drug-likeness (QED) is 0.661. The second-order valence-corrected chi connectivity index (χ2v) is 7.78. The number of carbonyl (C=O) groups excluding carboxylic acids is 1. The molecule has 2 aromatic carbocycles. The van der Waals surface area contributed by atoms with Crippen molar-refractivity contribution >= 4 is 11.7 Å². The number of nitrogens with one attached hydrogen (secondary N) is 2. The summed E-state index contributed by atoms with van der Waals surface area (Å²) >= 11 is 0. The average Bonchev–Trinajstić information content (AvgIpc) is 3.20. The van der Waals surface area contributed by atoms with Crippen LogP contribution in [-0.4, -0.2) is 39.2 Å². The number of aryl methyl sites for hydroxylation is 1. The molecule has 0 unspecified atom stereocenters. The number of nitrogens with zero attached hydrogens (tertiary/aromatic N) is 3. The van der Waals surface area contributed by atoms with Crippen LogP contribution < -0.4 is 5.32 Å². The third-order valence-corrected chi connectivity index (χ3v) is 5.81. The predicted octanol–water partition coefficient (Wildman–Crippen LogP) is 4.97. The molecule has 0 aliphatic heterocycles. The van der Waals surface area contributed by atoms with Gasteiger partial charge in [0.25, 0.3) is 0 Å². The first kappa shape index (κ1) is 19.2. The number of benzene rings is 2. The SMILES string of the molecule is Cc1nc(-c2cccc(NC(=O)N(C)C3CCC(c4ccccc4)CC3)c2)n[nH]1. The topological polar surface area (TPSA) is 73.9 Å². The van der Waals surface area contributed by atoms with Crippen LogP contribution in [0, 0.1) is 6.92 Å². The lowest BCUT2D eigenvalue weighted by molar-refractivity contribution is 0.181. The molecule has 1 aliphatic carbocycles. The second-order valence-electron chi connectivity index (χ2n) is 7.78. The van der Waals surface area contributed by atoms with Crippen molar-refractivity contribution in [2.45, 2.75) is 44.6 Å². The van der Waals surface area contributed by atoms with E-state index in [1.54, 1.807) is 0 Å². The van der Waals surface area contributed by atoms with E-state index in [1.807, 2.05) is 43.1 Å². The maximum atomic E-state index is 12.8. The molecule has 0 spiro atoms. The number of hydrogen-bond donors (Lipinski definition) is 2. The minimum Gasteiger partial charge on any atom is -0.325 e. The molecule has 1 fully saturated rings. The summed E-state index contributed by atoms with van der Waals surface area (Å²) in [6.45, 7) is 1.86. The van der Waals surface area contributed by atoms with Gasteiger partial charge >= 0.3 is 6.03 Å². The zero-order chi connectivity index (χ0) is 20.2. The normalized spacial score (nSPS) is 19.0. The summed E-state index contributed by atoms with van der Waals surface area (Å²) in [4.78, 5) is 19.0. The molecular formula is C23H27N5O. The molecule has 150 valence electrons. The largest absolute Gasteiger partial charge is 0.325 e.